The topological polar surface area (TPSA) is 17.8 Å². The fraction of sp³-hybridized carbons (Fsp3) is 0.364. The van der Waals surface area contributed by atoms with Gasteiger partial charge < -0.3 is 4.57 Å². The highest BCUT2D eigenvalue weighted by atomic mass is 15.0. The molecule has 2 aromatic heterocycles. The Kier molecular flexibility index (Phi) is 2.05. The average molecular weight is 174 g/mol. The maximum Gasteiger partial charge on any atom is 0.0666 e. The summed E-state index contributed by atoms with van der Waals surface area (Å²) in [6.45, 7) is 5.51. The lowest BCUT2D eigenvalue weighted by atomic mass is 10.2. The molecule has 2 rings (SSSR count). The molecule has 13 heavy (non-hydrogen) atoms. The van der Waals surface area contributed by atoms with E-state index >= 15 is 0 Å². The van der Waals surface area contributed by atoms with E-state index in [2.05, 4.69) is 35.7 Å². The van der Waals surface area contributed by atoms with Gasteiger partial charge in [0.1, 0.15) is 0 Å². The lowest BCUT2D eigenvalue weighted by Crippen LogP contribution is -2.02. The predicted octanol–water partition coefficient (Wildman–Crippen LogP) is 2.69. The van der Waals surface area contributed by atoms with Crippen molar-refractivity contribution in [2.24, 2.45) is 5.92 Å². The average Bonchev–Trinajstić information content (AvgIpc) is 2.48. The molecule has 0 spiro atoms. The number of rotatable bonds is 2. The minimum absolute atomic E-state index is 0.677. The first kappa shape index (κ1) is 8.30. The van der Waals surface area contributed by atoms with Crippen molar-refractivity contribution in [3.63, 3.8) is 0 Å². The van der Waals surface area contributed by atoms with Gasteiger partial charge in [-0.15, -0.1) is 0 Å². The van der Waals surface area contributed by atoms with Gasteiger partial charge >= 0.3 is 0 Å². The Morgan fingerprint density at radius 3 is 3.00 bits per heavy atom. The molecule has 0 bridgehead atoms. The summed E-state index contributed by atoms with van der Waals surface area (Å²) in [7, 11) is 0. The van der Waals surface area contributed by atoms with Gasteiger partial charge in [-0.2, -0.15) is 0 Å². The number of aromatic nitrogens is 2. The third-order valence-corrected chi connectivity index (χ3v) is 2.14. The Hall–Kier alpha value is -1.31. The van der Waals surface area contributed by atoms with Crippen molar-refractivity contribution in [1.29, 1.82) is 0 Å². The van der Waals surface area contributed by atoms with Crippen LogP contribution in [0.15, 0.2) is 30.7 Å². The zero-order valence-electron chi connectivity index (χ0n) is 8.07. The van der Waals surface area contributed by atoms with Crippen molar-refractivity contribution in [3.05, 3.63) is 30.7 Å². The van der Waals surface area contributed by atoms with Crippen LogP contribution in [0.4, 0.5) is 0 Å². The van der Waals surface area contributed by atoms with Crippen molar-refractivity contribution in [2.75, 3.05) is 0 Å². The Labute approximate surface area is 78.2 Å². The Morgan fingerprint density at radius 1 is 1.38 bits per heavy atom. The fourth-order valence-electron chi connectivity index (χ4n) is 1.58. The molecule has 2 heterocycles. The van der Waals surface area contributed by atoms with Crippen LogP contribution in [0.3, 0.4) is 0 Å². The molecule has 0 aliphatic carbocycles. The van der Waals surface area contributed by atoms with Crippen LogP contribution >= 0.6 is 0 Å². The van der Waals surface area contributed by atoms with Crippen LogP contribution in [0.5, 0.6) is 0 Å². The first-order valence-corrected chi connectivity index (χ1v) is 4.66. The second-order valence-corrected chi connectivity index (χ2v) is 3.80. The van der Waals surface area contributed by atoms with Crippen molar-refractivity contribution in [3.8, 4) is 0 Å². The smallest absolute Gasteiger partial charge is 0.0666 e. The molecule has 0 amide bonds. The molecular weight excluding hydrogens is 160 g/mol. The zero-order chi connectivity index (χ0) is 9.26. The van der Waals surface area contributed by atoms with E-state index in [1.807, 2.05) is 18.5 Å². The summed E-state index contributed by atoms with van der Waals surface area (Å²) in [5.41, 5.74) is 1.23. The highest BCUT2D eigenvalue weighted by Crippen LogP contribution is 2.14. The van der Waals surface area contributed by atoms with Crippen molar-refractivity contribution in [1.82, 2.24) is 9.55 Å². The molecule has 2 aromatic rings. The first-order valence-electron chi connectivity index (χ1n) is 4.66. The summed E-state index contributed by atoms with van der Waals surface area (Å²) in [4.78, 5) is 4.13. The van der Waals surface area contributed by atoms with E-state index in [4.69, 9.17) is 0 Å². The first-order chi connectivity index (χ1) is 6.27. The Morgan fingerprint density at radius 2 is 2.23 bits per heavy atom. The molecule has 0 saturated heterocycles. The highest BCUT2D eigenvalue weighted by molar-refractivity contribution is 5.78. The van der Waals surface area contributed by atoms with Crippen LogP contribution in [-0.2, 0) is 6.54 Å². The zero-order valence-corrected chi connectivity index (χ0v) is 8.07. The quantitative estimate of drug-likeness (QED) is 0.684. The molecule has 0 aliphatic rings. The van der Waals surface area contributed by atoms with Gasteiger partial charge in [0.2, 0.25) is 0 Å². The molecular formula is C11H14N2. The van der Waals surface area contributed by atoms with Gasteiger partial charge in [-0.05, 0) is 18.1 Å². The minimum atomic E-state index is 0.677. The molecule has 0 aromatic carbocycles. The molecule has 2 nitrogen and oxygen atoms in total. The second kappa shape index (κ2) is 3.21. The Bertz CT molecular complexity index is 401. The maximum atomic E-state index is 4.13. The van der Waals surface area contributed by atoms with Gasteiger partial charge in [0.05, 0.1) is 11.7 Å². The molecule has 0 atom stereocenters. The van der Waals surface area contributed by atoms with Gasteiger partial charge in [0.25, 0.3) is 0 Å². The number of hydrogen-bond acceptors (Lipinski definition) is 1. The number of fused-ring (bicyclic) bond motifs is 1. The van der Waals surface area contributed by atoms with Crippen molar-refractivity contribution >= 4 is 10.9 Å². The normalized spacial score (nSPS) is 11.3. The lowest BCUT2D eigenvalue weighted by Gasteiger charge is -2.07. The van der Waals surface area contributed by atoms with Gasteiger partial charge in [0, 0.05) is 24.3 Å². The van der Waals surface area contributed by atoms with Gasteiger partial charge in [-0.3, -0.25) is 4.98 Å². The van der Waals surface area contributed by atoms with E-state index < -0.39 is 0 Å². The monoisotopic (exact) mass is 174 g/mol. The predicted molar refractivity (Wildman–Crippen MR) is 54.6 cm³/mol. The summed E-state index contributed by atoms with van der Waals surface area (Å²) in [6, 6.07) is 4.19. The number of pyridine rings is 1. The van der Waals surface area contributed by atoms with Crippen LogP contribution < -0.4 is 0 Å². The molecule has 0 aliphatic heterocycles. The lowest BCUT2D eigenvalue weighted by molar-refractivity contribution is 0.535. The largest absolute Gasteiger partial charge is 0.346 e. The molecule has 0 fully saturated rings. The van der Waals surface area contributed by atoms with E-state index in [0.717, 1.165) is 6.54 Å². The van der Waals surface area contributed by atoms with Crippen LogP contribution in [0.2, 0.25) is 0 Å². The highest BCUT2D eigenvalue weighted by Gasteiger charge is 2.01. The fourth-order valence-corrected chi connectivity index (χ4v) is 1.58. The van der Waals surface area contributed by atoms with Crippen molar-refractivity contribution in [2.45, 2.75) is 20.4 Å². The van der Waals surface area contributed by atoms with Crippen molar-refractivity contribution < 1.29 is 0 Å². The van der Waals surface area contributed by atoms with Crippen LogP contribution in [0.1, 0.15) is 13.8 Å². The molecule has 68 valence electrons. The van der Waals surface area contributed by atoms with E-state index in [1.165, 1.54) is 10.9 Å². The van der Waals surface area contributed by atoms with E-state index in [-0.39, 0.29) is 0 Å². The van der Waals surface area contributed by atoms with Gasteiger partial charge in [-0.1, -0.05) is 13.8 Å². The third kappa shape index (κ3) is 1.57. The van der Waals surface area contributed by atoms with Crippen LogP contribution in [0.25, 0.3) is 10.9 Å². The summed E-state index contributed by atoms with van der Waals surface area (Å²) in [5, 5.41) is 1.27. The summed E-state index contributed by atoms with van der Waals surface area (Å²) >= 11 is 0. The number of nitrogens with zero attached hydrogens (tertiary/aromatic N) is 2. The standard InChI is InChI=1S/C11H14N2/c1-9(2)8-13-6-4-10-3-5-12-7-11(10)13/h3-7,9H,8H2,1-2H3. The van der Waals surface area contributed by atoms with E-state index in [0.29, 0.717) is 5.92 Å². The van der Waals surface area contributed by atoms with Gasteiger partial charge in [-0.25, -0.2) is 0 Å². The van der Waals surface area contributed by atoms with Crippen LogP contribution in [-0.4, -0.2) is 9.55 Å². The maximum absolute atomic E-state index is 4.13. The Balaban J connectivity index is 2.46. The second-order valence-electron chi connectivity index (χ2n) is 3.80. The minimum Gasteiger partial charge on any atom is -0.346 e. The van der Waals surface area contributed by atoms with E-state index in [9.17, 15) is 0 Å². The van der Waals surface area contributed by atoms with Crippen LogP contribution in [0, 0.1) is 5.92 Å². The summed E-state index contributed by atoms with van der Waals surface area (Å²) < 4.78 is 2.26. The van der Waals surface area contributed by atoms with E-state index in [1.54, 1.807) is 0 Å². The third-order valence-electron chi connectivity index (χ3n) is 2.14. The summed E-state index contributed by atoms with van der Waals surface area (Å²) in [5.74, 6) is 0.677. The molecule has 0 saturated carbocycles. The number of hydrogen-bond donors (Lipinski definition) is 0. The SMILES string of the molecule is CC(C)Cn1ccc2ccncc21. The van der Waals surface area contributed by atoms with Gasteiger partial charge in [0.15, 0.2) is 0 Å². The molecule has 2 heteroatoms. The summed E-state index contributed by atoms with van der Waals surface area (Å²) in [6.07, 6.45) is 5.89. The molecule has 0 N–H and O–H groups in total. The molecule has 0 unspecified atom stereocenters. The molecule has 0 radical (unpaired) electrons.